The largest absolute Gasteiger partial charge is 0.478 e. The lowest BCUT2D eigenvalue weighted by atomic mass is 10.1. The van der Waals surface area contributed by atoms with Gasteiger partial charge in [-0.25, -0.2) is 9.18 Å². The third-order valence-corrected chi connectivity index (χ3v) is 4.11. The number of halogens is 1. The van der Waals surface area contributed by atoms with E-state index in [-0.39, 0.29) is 11.4 Å². The van der Waals surface area contributed by atoms with Crippen molar-refractivity contribution in [3.63, 3.8) is 0 Å². The number of hydrogen-bond donors (Lipinski definition) is 1. The van der Waals surface area contributed by atoms with Crippen LogP contribution in [-0.4, -0.2) is 11.1 Å². The van der Waals surface area contributed by atoms with Crippen molar-refractivity contribution in [3.05, 3.63) is 65.0 Å². The Labute approximate surface area is 121 Å². The van der Waals surface area contributed by atoms with Gasteiger partial charge in [0.1, 0.15) is 5.82 Å². The molecule has 0 aliphatic carbocycles. The van der Waals surface area contributed by atoms with E-state index in [0.29, 0.717) is 10.6 Å². The van der Waals surface area contributed by atoms with E-state index in [1.165, 1.54) is 35.5 Å². The van der Waals surface area contributed by atoms with Crippen molar-refractivity contribution in [1.29, 1.82) is 0 Å². The zero-order chi connectivity index (χ0) is 14.5. The number of hydrogen-bond acceptors (Lipinski definition) is 2. The first kappa shape index (κ1) is 14.6. The second-order valence-corrected chi connectivity index (χ2v) is 5.43. The van der Waals surface area contributed by atoms with E-state index in [9.17, 15) is 9.18 Å². The molecule has 0 aliphatic rings. The Bertz CT molecular complexity index is 608. The van der Waals surface area contributed by atoms with Gasteiger partial charge in [-0.2, -0.15) is 0 Å². The minimum atomic E-state index is -1.04. The standard InChI is InChI=1S/C16H15FO2S/c1-2-11-3-5-12(6-4-11)10-20-15-9-13(16(18)19)7-8-14(15)17/h3-9H,2,10H2,1H3,(H,18,19). The van der Waals surface area contributed by atoms with Gasteiger partial charge in [-0.05, 0) is 35.7 Å². The van der Waals surface area contributed by atoms with Crippen LogP contribution in [0.15, 0.2) is 47.4 Å². The summed E-state index contributed by atoms with van der Waals surface area (Å²) in [5.41, 5.74) is 2.46. The molecule has 20 heavy (non-hydrogen) atoms. The summed E-state index contributed by atoms with van der Waals surface area (Å²) in [7, 11) is 0. The lowest BCUT2D eigenvalue weighted by Crippen LogP contribution is -1.97. The molecule has 0 heterocycles. The highest BCUT2D eigenvalue weighted by Gasteiger charge is 2.09. The molecule has 2 nitrogen and oxygen atoms in total. The average molecular weight is 290 g/mol. The van der Waals surface area contributed by atoms with Crippen LogP contribution in [0, 0.1) is 5.82 Å². The van der Waals surface area contributed by atoms with E-state index in [4.69, 9.17) is 5.11 Å². The molecule has 2 rings (SSSR count). The summed E-state index contributed by atoms with van der Waals surface area (Å²) in [6.07, 6.45) is 0.989. The van der Waals surface area contributed by atoms with E-state index in [2.05, 4.69) is 19.1 Å². The van der Waals surface area contributed by atoms with Crippen LogP contribution in [0.5, 0.6) is 0 Å². The van der Waals surface area contributed by atoms with Crippen molar-refractivity contribution in [1.82, 2.24) is 0 Å². The van der Waals surface area contributed by atoms with Crippen LogP contribution in [0.1, 0.15) is 28.4 Å². The highest BCUT2D eigenvalue weighted by molar-refractivity contribution is 7.98. The molecule has 4 heteroatoms. The van der Waals surface area contributed by atoms with Crippen LogP contribution < -0.4 is 0 Å². The van der Waals surface area contributed by atoms with Crippen LogP contribution in [0.25, 0.3) is 0 Å². The summed E-state index contributed by atoms with van der Waals surface area (Å²) in [5.74, 6) is -0.811. The molecule has 0 amide bonds. The van der Waals surface area contributed by atoms with E-state index >= 15 is 0 Å². The van der Waals surface area contributed by atoms with Gasteiger partial charge in [0.15, 0.2) is 0 Å². The second-order valence-electron chi connectivity index (χ2n) is 4.41. The first-order chi connectivity index (χ1) is 9.60. The molecule has 0 bridgehead atoms. The first-order valence-corrected chi connectivity index (χ1v) is 7.32. The molecule has 0 fully saturated rings. The van der Waals surface area contributed by atoms with Gasteiger partial charge in [-0.15, -0.1) is 11.8 Å². The number of aromatic carboxylic acids is 1. The Morgan fingerprint density at radius 3 is 2.40 bits per heavy atom. The molecule has 0 aliphatic heterocycles. The predicted octanol–water partition coefficient (Wildman–Crippen LogP) is 4.38. The van der Waals surface area contributed by atoms with Crippen LogP contribution in [-0.2, 0) is 12.2 Å². The van der Waals surface area contributed by atoms with Crippen LogP contribution >= 0.6 is 11.8 Å². The molecule has 2 aromatic rings. The smallest absolute Gasteiger partial charge is 0.335 e. The molecule has 0 saturated heterocycles. The van der Waals surface area contributed by atoms with E-state index in [1.54, 1.807) is 0 Å². The fraction of sp³-hybridized carbons (Fsp3) is 0.188. The molecule has 104 valence electrons. The molecular weight excluding hydrogens is 275 g/mol. The number of thioether (sulfide) groups is 1. The third-order valence-electron chi connectivity index (χ3n) is 3.00. The van der Waals surface area contributed by atoms with Crippen LogP contribution in [0.2, 0.25) is 0 Å². The quantitative estimate of drug-likeness (QED) is 0.830. The molecule has 0 saturated carbocycles. The SMILES string of the molecule is CCc1ccc(CSc2cc(C(=O)O)ccc2F)cc1. The maximum Gasteiger partial charge on any atom is 0.335 e. The Morgan fingerprint density at radius 1 is 1.15 bits per heavy atom. The van der Waals surface area contributed by atoms with Gasteiger partial charge in [0.05, 0.1) is 5.56 Å². The number of carbonyl (C=O) groups is 1. The Balaban J connectivity index is 2.09. The molecule has 2 aromatic carbocycles. The molecule has 0 spiro atoms. The fourth-order valence-electron chi connectivity index (χ4n) is 1.78. The van der Waals surface area contributed by atoms with Gasteiger partial charge in [0.25, 0.3) is 0 Å². The summed E-state index contributed by atoms with van der Waals surface area (Å²) in [5, 5.41) is 8.91. The number of rotatable bonds is 5. The summed E-state index contributed by atoms with van der Waals surface area (Å²) in [6.45, 7) is 2.09. The fourth-order valence-corrected chi connectivity index (χ4v) is 2.71. The van der Waals surface area contributed by atoms with Gasteiger partial charge in [0.2, 0.25) is 0 Å². The van der Waals surface area contributed by atoms with E-state index in [0.717, 1.165) is 12.0 Å². The van der Waals surface area contributed by atoms with Crippen molar-refractivity contribution >= 4 is 17.7 Å². The second kappa shape index (κ2) is 6.57. The molecule has 0 atom stereocenters. The van der Waals surface area contributed by atoms with Gasteiger partial charge in [-0.3, -0.25) is 0 Å². The minimum absolute atomic E-state index is 0.107. The monoisotopic (exact) mass is 290 g/mol. The normalized spacial score (nSPS) is 10.5. The third kappa shape index (κ3) is 3.61. The summed E-state index contributed by atoms with van der Waals surface area (Å²) < 4.78 is 13.6. The average Bonchev–Trinajstić information content (AvgIpc) is 2.46. The Hall–Kier alpha value is -1.81. The number of aryl methyl sites for hydroxylation is 1. The summed E-state index contributed by atoms with van der Waals surface area (Å²) in [4.78, 5) is 11.2. The first-order valence-electron chi connectivity index (χ1n) is 6.33. The lowest BCUT2D eigenvalue weighted by Gasteiger charge is -2.05. The van der Waals surface area contributed by atoms with Crippen LogP contribution in [0.4, 0.5) is 4.39 Å². The molecule has 0 aromatic heterocycles. The van der Waals surface area contributed by atoms with Crippen molar-refractivity contribution < 1.29 is 14.3 Å². The molecule has 0 radical (unpaired) electrons. The van der Waals surface area contributed by atoms with E-state index in [1.807, 2.05) is 12.1 Å². The highest BCUT2D eigenvalue weighted by atomic mass is 32.2. The number of carboxylic acids is 1. The van der Waals surface area contributed by atoms with Crippen LogP contribution in [0.3, 0.4) is 0 Å². The molecule has 0 unspecified atom stereocenters. The van der Waals surface area contributed by atoms with Crippen molar-refractivity contribution in [2.45, 2.75) is 24.0 Å². The zero-order valence-electron chi connectivity index (χ0n) is 11.1. The van der Waals surface area contributed by atoms with Gasteiger partial charge in [-0.1, -0.05) is 31.2 Å². The van der Waals surface area contributed by atoms with Crippen molar-refractivity contribution in [2.24, 2.45) is 0 Å². The van der Waals surface area contributed by atoms with Gasteiger partial charge < -0.3 is 5.11 Å². The zero-order valence-corrected chi connectivity index (χ0v) is 11.9. The van der Waals surface area contributed by atoms with Gasteiger partial charge >= 0.3 is 5.97 Å². The highest BCUT2D eigenvalue weighted by Crippen LogP contribution is 2.26. The number of benzene rings is 2. The molecular formula is C16H15FO2S. The lowest BCUT2D eigenvalue weighted by molar-refractivity contribution is 0.0696. The summed E-state index contributed by atoms with van der Waals surface area (Å²) >= 11 is 1.31. The topological polar surface area (TPSA) is 37.3 Å². The number of carboxylic acid groups (broad SMARTS) is 1. The minimum Gasteiger partial charge on any atom is -0.478 e. The van der Waals surface area contributed by atoms with E-state index < -0.39 is 5.97 Å². The van der Waals surface area contributed by atoms with Gasteiger partial charge in [0, 0.05) is 10.6 Å². The predicted molar refractivity (Wildman–Crippen MR) is 78.7 cm³/mol. The van der Waals surface area contributed by atoms with Crippen molar-refractivity contribution in [2.75, 3.05) is 0 Å². The Kier molecular flexibility index (Phi) is 4.79. The maximum atomic E-state index is 13.6. The molecule has 1 N–H and O–H groups in total. The Morgan fingerprint density at radius 2 is 1.80 bits per heavy atom. The maximum absolute atomic E-state index is 13.6. The van der Waals surface area contributed by atoms with Crippen molar-refractivity contribution in [3.8, 4) is 0 Å². The summed E-state index contributed by atoms with van der Waals surface area (Å²) in [6, 6.07) is 12.0.